The maximum absolute atomic E-state index is 13.9. The summed E-state index contributed by atoms with van der Waals surface area (Å²) in [5, 5.41) is 9.52. The van der Waals surface area contributed by atoms with Crippen LogP contribution in [0, 0.1) is 25.5 Å². The number of carbonyl (C=O) groups excluding carboxylic acids is 1. The van der Waals surface area contributed by atoms with Crippen LogP contribution in [0.15, 0.2) is 18.2 Å². The molecule has 2 unspecified atom stereocenters. The zero-order valence-electron chi connectivity index (χ0n) is 15.2. The Hall–Kier alpha value is -1.76. The lowest BCUT2D eigenvalue weighted by Crippen LogP contribution is -2.36. The molecule has 0 aliphatic carbocycles. The van der Waals surface area contributed by atoms with Crippen LogP contribution < -0.4 is 0 Å². The number of aryl methyl sites for hydroxylation is 1. The minimum Gasteiger partial charge on any atom is -0.391 e. The summed E-state index contributed by atoms with van der Waals surface area (Å²) >= 11 is 5.57. The van der Waals surface area contributed by atoms with Gasteiger partial charge in [0.1, 0.15) is 16.7 Å². The number of hydrogen-bond acceptors (Lipinski definition) is 3. The Morgan fingerprint density at radius 3 is 2.44 bits per heavy atom. The number of benzene rings is 1. The molecule has 0 amide bonds. The molecule has 2 aliphatic heterocycles. The minimum absolute atomic E-state index is 0.0461. The van der Waals surface area contributed by atoms with Gasteiger partial charge in [-0.05, 0) is 51.3 Å². The highest BCUT2D eigenvalue weighted by atomic mass is 35.5. The van der Waals surface area contributed by atoms with Crippen molar-refractivity contribution >= 4 is 17.4 Å². The van der Waals surface area contributed by atoms with Crippen molar-refractivity contribution in [3.05, 3.63) is 51.8 Å². The monoisotopic (exact) mass is 394 g/mol. The van der Waals surface area contributed by atoms with Crippen LogP contribution in [0.3, 0.4) is 0 Å². The van der Waals surface area contributed by atoms with Gasteiger partial charge in [-0.15, -0.1) is 0 Å². The number of Topliss-reactive ketones (excluding diaryl/α,β-unsaturated/α-hetero) is 1. The van der Waals surface area contributed by atoms with E-state index in [1.165, 1.54) is 0 Å². The molecule has 0 spiro atoms. The molecule has 27 heavy (non-hydrogen) atoms. The molecule has 7 heteroatoms. The standard InChI is InChI=1S/C20H21ClF2N2O2/c1-10-5-14(19(27)9-24-12-3-4-17(24)18(26)8-12)11(2)25(10)13-6-15(22)20(21)16(23)7-13/h5-7,12,17-18,26H,3-4,8-9H2,1-2H3/t12?,17?,18-/m1/s1. The number of hydrogen-bond donors (Lipinski definition) is 1. The SMILES string of the molecule is Cc1cc(C(=O)CN2C3CCC2[C@H](O)C3)c(C)n1-c1cc(F)c(Cl)c(F)c1. The predicted octanol–water partition coefficient (Wildman–Crippen LogP) is 3.81. The van der Waals surface area contributed by atoms with Crippen molar-refractivity contribution in [3.8, 4) is 5.69 Å². The molecule has 1 aromatic heterocycles. The van der Waals surface area contributed by atoms with Gasteiger partial charge in [0, 0.05) is 29.0 Å². The third-order valence-corrected chi connectivity index (χ3v) is 6.29. The summed E-state index contributed by atoms with van der Waals surface area (Å²) in [5.74, 6) is -1.72. The first-order valence-electron chi connectivity index (χ1n) is 9.08. The maximum atomic E-state index is 13.9. The van der Waals surface area contributed by atoms with Crippen LogP contribution in [0.1, 0.15) is 41.0 Å². The molecule has 2 aliphatic rings. The number of aliphatic hydroxyl groups excluding tert-OH is 1. The van der Waals surface area contributed by atoms with Gasteiger partial charge in [0.15, 0.2) is 5.78 Å². The Morgan fingerprint density at radius 1 is 1.22 bits per heavy atom. The fourth-order valence-electron chi connectivity index (χ4n) is 4.68. The molecule has 0 radical (unpaired) electrons. The predicted molar refractivity (Wildman–Crippen MR) is 98.6 cm³/mol. The second-order valence-electron chi connectivity index (χ2n) is 7.54. The Balaban J connectivity index is 1.64. The van der Waals surface area contributed by atoms with Crippen LogP contribution in [0.2, 0.25) is 5.02 Å². The van der Waals surface area contributed by atoms with E-state index in [2.05, 4.69) is 4.90 Å². The molecule has 2 fully saturated rings. The zero-order chi connectivity index (χ0) is 19.5. The highest BCUT2D eigenvalue weighted by molar-refractivity contribution is 6.30. The molecule has 2 aromatic rings. The van der Waals surface area contributed by atoms with Crippen LogP contribution in [0.25, 0.3) is 5.69 Å². The highest BCUT2D eigenvalue weighted by Gasteiger charge is 2.46. The summed E-state index contributed by atoms with van der Waals surface area (Å²) < 4.78 is 29.4. The molecule has 1 N–H and O–H groups in total. The van der Waals surface area contributed by atoms with Crippen molar-refractivity contribution in [1.82, 2.24) is 9.47 Å². The van der Waals surface area contributed by atoms with Crippen molar-refractivity contribution < 1.29 is 18.7 Å². The summed E-state index contributed by atoms with van der Waals surface area (Å²) in [7, 11) is 0. The van der Waals surface area contributed by atoms with Crippen molar-refractivity contribution in [2.45, 2.75) is 51.3 Å². The Kier molecular flexibility index (Phi) is 4.61. The molecule has 3 atom stereocenters. The van der Waals surface area contributed by atoms with Gasteiger partial charge in [0.05, 0.1) is 18.3 Å². The van der Waals surface area contributed by atoms with Crippen molar-refractivity contribution in [2.24, 2.45) is 0 Å². The zero-order valence-corrected chi connectivity index (χ0v) is 15.9. The van der Waals surface area contributed by atoms with Crippen LogP contribution in [-0.2, 0) is 0 Å². The average Bonchev–Trinajstić information content (AvgIpc) is 3.22. The van der Waals surface area contributed by atoms with Crippen LogP contribution in [0.4, 0.5) is 8.78 Å². The number of aliphatic hydroxyl groups is 1. The van der Waals surface area contributed by atoms with E-state index < -0.39 is 16.7 Å². The van der Waals surface area contributed by atoms with E-state index in [0.717, 1.165) is 31.4 Å². The Labute approximate surface area is 161 Å². The van der Waals surface area contributed by atoms with Crippen molar-refractivity contribution in [3.63, 3.8) is 0 Å². The maximum Gasteiger partial charge on any atom is 0.178 e. The second-order valence-corrected chi connectivity index (χ2v) is 7.92. The largest absolute Gasteiger partial charge is 0.391 e. The molecule has 4 rings (SSSR count). The average molecular weight is 395 g/mol. The molecule has 2 saturated heterocycles. The Bertz CT molecular complexity index is 904. The normalized spacial score (nSPS) is 24.7. The van der Waals surface area contributed by atoms with Gasteiger partial charge in [0.25, 0.3) is 0 Å². The van der Waals surface area contributed by atoms with Crippen LogP contribution in [0.5, 0.6) is 0 Å². The van der Waals surface area contributed by atoms with E-state index in [9.17, 15) is 18.7 Å². The lowest BCUT2D eigenvalue weighted by Gasteiger charge is -2.21. The van der Waals surface area contributed by atoms with Gasteiger partial charge >= 0.3 is 0 Å². The number of halogens is 3. The van der Waals surface area contributed by atoms with Gasteiger partial charge in [-0.25, -0.2) is 8.78 Å². The number of rotatable bonds is 4. The molecule has 0 saturated carbocycles. The highest BCUT2D eigenvalue weighted by Crippen LogP contribution is 2.38. The summed E-state index contributed by atoms with van der Waals surface area (Å²) in [5.41, 5.74) is 2.16. The topological polar surface area (TPSA) is 45.5 Å². The first-order valence-corrected chi connectivity index (χ1v) is 9.46. The third kappa shape index (κ3) is 3.00. The summed E-state index contributed by atoms with van der Waals surface area (Å²) in [6.45, 7) is 3.80. The van der Waals surface area contributed by atoms with Crippen molar-refractivity contribution in [1.29, 1.82) is 0 Å². The summed E-state index contributed by atoms with van der Waals surface area (Å²) in [4.78, 5) is 15.0. The number of ketones is 1. The van der Waals surface area contributed by atoms with E-state index in [1.54, 1.807) is 24.5 Å². The first kappa shape index (κ1) is 18.6. The van der Waals surface area contributed by atoms with Crippen LogP contribution >= 0.6 is 11.6 Å². The van der Waals surface area contributed by atoms with Gasteiger partial charge in [0.2, 0.25) is 0 Å². The fraction of sp³-hybridized carbons (Fsp3) is 0.450. The minimum atomic E-state index is -0.838. The number of nitrogens with zero attached hydrogens (tertiary/aromatic N) is 2. The number of aromatic nitrogens is 1. The number of carbonyl (C=O) groups is 1. The third-order valence-electron chi connectivity index (χ3n) is 5.93. The van der Waals surface area contributed by atoms with E-state index in [-0.39, 0.29) is 30.5 Å². The number of fused-ring (bicyclic) bond motifs is 2. The van der Waals surface area contributed by atoms with Gasteiger partial charge < -0.3 is 9.67 Å². The molecular formula is C20H21ClF2N2O2. The molecular weight excluding hydrogens is 374 g/mol. The van der Waals surface area contributed by atoms with Gasteiger partial charge in [-0.2, -0.15) is 0 Å². The molecule has 3 heterocycles. The van der Waals surface area contributed by atoms with E-state index in [1.807, 2.05) is 0 Å². The second kappa shape index (κ2) is 6.69. The quantitative estimate of drug-likeness (QED) is 0.633. The summed E-state index contributed by atoms with van der Waals surface area (Å²) in [6.07, 6.45) is 2.29. The molecule has 144 valence electrons. The van der Waals surface area contributed by atoms with E-state index in [0.29, 0.717) is 22.6 Å². The molecule has 2 bridgehead atoms. The van der Waals surface area contributed by atoms with Crippen LogP contribution in [-0.4, -0.2) is 45.1 Å². The van der Waals surface area contributed by atoms with Gasteiger partial charge in [-0.3, -0.25) is 9.69 Å². The first-order chi connectivity index (χ1) is 12.8. The van der Waals surface area contributed by atoms with E-state index in [4.69, 9.17) is 11.6 Å². The van der Waals surface area contributed by atoms with Crippen molar-refractivity contribution in [2.75, 3.05) is 6.54 Å². The molecule has 1 aromatic carbocycles. The lowest BCUT2D eigenvalue weighted by atomic mass is 9.98. The Morgan fingerprint density at radius 2 is 1.89 bits per heavy atom. The lowest BCUT2D eigenvalue weighted by molar-refractivity contribution is 0.0873. The fourth-order valence-corrected chi connectivity index (χ4v) is 4.79. The smallest absolute Gasteiger partial charge is 0.178 e. The molecule has 4 nitrogen and oxygen atoms in total. The van der Waals surface area contributed by atoms with Gasteiger partial charge in [-0.1, -0.05) is 11.6 Å². The van der Waals surface area contributed by atoms with E-state index >= 15 is 0 Å². The summed E-state index contributed by atoms with van der Waals surface area (Å²) in [6, 6.07) is 4.39.